The van der Waals surface area contributed by atoms with Gasteiger partial charge >= 0.3 is 0 Å². The maximum atomic E-state index is 5.87. The molecule has 6 heteroatoms. The summed E-state index contributed by atoms with van der Waals surface area (Å²) in [6.07, 6.45) is 1.07. The molecule has 0 spiro atoms. The second-order valence-corrected chi connectivity index (χ2v) is 7.34. The van der Waals surface area contributed by atoms with Crippen molar-refractivity contribution < 1.29 is 9.26 Å². The number of ether oxygens (including phenoxy) is 1. The molecule has 0 radical (unpaired) electrons. The van der Waals surface area contributed by atoms with Gasteiger partial charge in [0.1, 0.15) is 5.69 Å². The van der Waals surface area contributed by atoms with Gasteiger partial charge in [0.2, 0.25) is 0 Å². The Morgan fingerprint density at radius 3 is 2.80 bits per heavy atom. The fraction of sp³-hybridized carbons (Fsp3) is 0.643. The van der Waals surface area contributed by atoms with Gasteiger partial charge in [-0.15, -0.1) is 0 Å². The molecule has 5 nitrogen and oxygen atoms in total. The van der Waals surface area contributed by atoms with E-state index in [2.05, 4.69) is 35.3 Å². The second-order valence-electron chi connectivity index (χ2n) is 6.33. The molecule has 1 saturated heterocycles. The van der Waals surface area contributed by atoms with Crippen LogP contribution in [0.3, 0.4) is 0 Å². The Kier molecular flexibility index (Phi) is 3.38. The van der Waals surface area contributed by atoms with E-state index in [1.807, 2.05) is 13.0 Å². The van der Waals surface area contributed by atoms with Crippen LogP contribution in [0, 0.1) is 12.3 Å². The van der Waals surface area contributed by atoms with Crippen molar-refractivity contribution in [1.29, 1.82) is 0 Å². The molecule has 20 heavy (non-hydrogen) atoms. The molecule has 0 unspecified atom stereocenters. The van der Waals surface area contributed by atoms with E-state index in [4.69, 9.17) is 9.26 Å². The van der Waals surface area contributed by atoms with Gasteiger partial charge in [0.15, 0.2) is 5.82 Å². The fourth-order valence-electron chi connectivity index (χ4n) is 2.66. The largest absolute Gasteiger partial charge is 0.377 e. The Bertz CT molecular complexity index is 600. The van der Waals surface area contributed by atoms with Crippen LogP contribution in [-0.4, -0.2) is 27.2 Å². The van der Waals surface area contributed by atoms with Crippen molar-refractivity contribution in [3.8, 4) is 11.6 Å². The van der Waals surface area contributed by atoms with Crippen molar-refractivity contribution >= 4 is 11.5 Å². The number of nitrogens with zero attached hydrogens (tertiary/aromatic N) is 3. The van der Waals surface area contributed by atoms with E-state index in [9.17, 15) is 0 Å². The Labute approximate surface area is 122 Å². The standard InChI is InChI=1S/C14H19N3O2S/c1-8-7-10(17-20-8)13-15-12(16-19-13)9-5-6-18-11(9)14(2,3)4/h7,9,11H,5-6H2,1-4H3/t9-,11-/m0/s1. The molecule has 0 aliphatic carbocycles. The Hall–Kier alpha value is -1.27. The van der Waals surface area contributed by atoms with Gasteiger partial charge in [-0.3, -0.25) is 0 Å². The highest BCUT2D eigenvalue weighted by Crippen LogP contribution is 2.40. The van der Waals surface area contributed by atoms with Gasteiger partial charge < -0.3 is 9.26 Å². The predicted molar refractivity (Wildman–Crippen MR) is 76.7 cm³/mol. The number of hydrogen-bond donors (Lipinski definition) is 0. The van der Waals surface area contributed by atoms with E-state index in [0.717, 1.165) is 29.4 Å². The Morgan fingerprint density at radius 2 is 2.15 bits per heavy atom. The molecule has 1 aliphatic heterocycles. The first kappa shape index (κ1) is 13.7. The normalized spacial score (nSPS) is 23.4. The first-order valence-electron chi connectivity index (χ1n) is 6.84. The quantitative estimate of drug-likeness (QED) is 0.849. The summed E-state index contributed by atoms with van der Waals surface area (Å²) in [5.41, 5.74) is 0.830. The number of aryl methyl sites for hydroxylation is 1. The highest BCUT2D eigenvalue weighted by Gasteiger charge is 2.40. The summed E-state index contributed by atoms with van der Waals surface area (Å²) in [4.78, 5) is 5.66. The molecule has 1 aliphatic rings. The summed E-state index contributed by atoms with van der Waals surface area (Å²) in [5.74, 6) is 1.44. The van der Waals surface area contributed by atoms with Gasteiger partial charge in [0.05, 0.1) is 12.0 Å². The first-order valence-corrected chi connectivity index (χ1v) is 7.61. The molecular formula is C14H19N3O2S. The zero-order chi connectivity index (χ0) is 14.3. The predicted octanol–water partition coefficient (Wildman–Crippen LogP) is 3.42. The Morgan fingerprint density at radius 1 is 1.35 bits per heavy atom. The molecule has 0 aromatic carbocycles. The van der Waals surface area contributed by atoms with E-state index in [0.29, 0.717) is 5.89 Å². The molecule has 3 rings (SSSR count). The minimum atomic E-state index is 0.0686. The van der Waals surface area contributed by atoms with Gasteiger partial charge in [-0.25, -0.2) is 0 Å². The summed E-state index contributed by atoms with van der Waals surface area (Å²) < 4.78 is 15.5. The van der Waals surface area contributed by atoms with Crippen molar-refractivity contribution in [3.05, 3.63) is 16.8 Å². The Balaban J connectivity index is 1.86. The van der Waals surface area contributed by atoms with E-state index in [-0.39, 0.29) is 17.4 Å². The molecule has 0 saturated carbocycles. The lowest BCUT2D eigenvalue weighted by Crippen LogP contribution is -2.30. The van der Waals surface area contributed by atoms with Gasteiger partial charge in [0, 0.05) is 11.5 Å². The molecule has 0 bridgehead atoms. The van der Waals surface area contributed by atoms with Crippen LogP contribution in [0.15, 0.2) is 10.6 Å². The highest BCUT2D eigenvalue weighted by molar-refractivity contribution is 7.05. The van der Waals surface area contributed by atoms with Crippen LogP contribution >= 0.6 is 11.5 Å². The van der Waals surface area contributed by atoms with Crippen LogP contribution in [0.5, 0.6) is 0 Å². The van der Waals surface area contributed by atoms with Crippen LogP contribution < -0.4 is 0 Å². The molecule has 3 heterocycles. The van der Waals surface area contributed by atoms with Gasteiger partial charge in [-0.2, -0.15) is 9.36 Å². The van der Waals surface area contributed by atoms with Gasteiger partial charge in [-0.1, -0.05) is 25.9 Å². The van der Waals surface area contributed by atoms with Crippen LogP contribution in [0.2, 0.25) is 0 Å². The second kappa shape index (κ2) is 4.93. The number of rotatable bonds is 2. The first-order chi connectivity index (χ1) is 9.45. The molecule has 0 N–H and O–H groups in total. The van der Waals surface area contributed by atoms with Crippen molar-refractivity contribution in [1.82, 2.24) is 14.5 Å². The van der Waals surface area contributed by atoms with Crippen LogP contribution in [0.25, 0.3) is 11.6 Å². The summed E-state index contributed by atoms with van der Waals surface area (Å²) in [6.45, 7) is 9.31. The topological polar surface area (TPSA) is 61.0 Å². The smallest absolute Gasteiger partial charge is 0.277 e. The van der Waals surface area contributed by atoms with Gasteiger partial charge in [-0.05, 0) is 36.4 Å². The van der Waals surface area contributed by atoms with Crippen molar-refractivity contribution in [2.24, 2.45) is 5.41 Å². The van der Waals surface area contributed by atoms with Crippen LogP contribution in [0.4, 0.5) is 0 Å². The lowest BCUT2D eigenvalue weighted by Gasteiger charge is -2.29. The average Bonchev–Trinajstić information content (AvgIpc) is 3.06. The minimum absolute atomic E-state index is 0.0686. The SMILES string of the molecule is Cc1cc(-c2nc([C@H]3CCO[C@@H]3C(C)(C)C)no2)ns1. The summed E-state index contributed by atoms with van der Waals surface area (Å²) in [7, 11) is 0. The van der Waals surface area contributed by atoms with Crippen molar-refractivity contribution in [2.45, 2.75) is 46.1 Å². The molecule has 2 aromatic heterocycles. The van der Waals surface area contributed by atoms with Crippen molar-refractivity contribution in [2.75, 3.05) is 6.61 Å². The fourth-order valence-corrected chi connectivity index (χ4v) is 3.20. The van der Waals surface area contributed by atoms with Crippen LogP contribution in [0.1, 0.15) is 43.8 Å². The van der Waals surface area contributed by atoms with E-state index >= 15 is 0 Å². The third kappa shape index (κ3) is 2.50. The number of hydrogen-bond acceptors (Lipinski definition) is 6. The lowest BCUT2D eigenvalue weighted by molar-refractivity contribution is 0.0193. The molecule has 2 atom stereocenters. The number of aromatic nitrogens is 3. The van der Waals surface area contributed by atoms with E-state index in [1.54, 1.807) is 0 Å². The third-order valence-electron chi connectivity index (χ3n) is 3.57. The zero-order valence-electron chi connectivity index (χ0n) is 12.2. The highest BCUT2D eigenvalue weighted by atomic mass is 32.1. The van der Waals surface area contributed by atoms with Crippen molar-refractivity contribution in [3.63, 3.8) is 0 Å². The molecule has 1 fully saturated rings. The lowest BCUT2D eigenvalue weighted by atomic mass is 9.81. The summed E-state index contributed by atoms with van der Waals surface area (Å²) >= 11 is 1.44. The zero-order valence-corrected chi connectivity index (χ0v) is 13.0. The van der Waals surface area contributed by atoms with E-state index < -0.39 is 0 Å². The van der Waals surface area contributed by atoms with Crippen LogP contribution in [-0.2, 0) is 4.74 Å². The maximum Gasteiger partial charge on any atom is 0.277 e. The molecule has 2 aromatic rings. The molecular weight excluding hydrogens is 274 g/mol. The molecule has 108 valence electrons. The molecule has 0 amide bonds. The summed E-state index contributed by atoms with van der Waals surface area (Å²) in [6, 6.07) is 1.97. The average molecular weight is 293 g/mol. The monoisotopic (exact) mass is 293 g/mol. The minimum Gasteiger partial charge on any atom is -0.377 e. The summed E-state index contributed by atoms with van der Waals surface area (Å²) in [5, 5.41) is 4.15. The maximum absolute atomic E-state index is 5.87. The van der Waals surface area contributed by atoms with Gasteiger partial charge in [0.25, 0.3) is 5.89 Å². The third-order valence-corrected chi connectivity index (χ3v) is 4.26. The van der Waals surface area contributed by atoms with E-state index in [1.165, 1.54) is 11.5 Å².